The predicted octanol–water partition coefficient (Wildman–Crippen LogP) is 2.73. The van der Waals surface area contributed by atoms with Crippen LogP contribution in [-0.4, -0.2) is 12.5 Å². The second kappa shape index (κ2) is 6.40. The molecule has 1 atom stereocenters. The van der Waals surface area contributed by atoms with E-state index in [9.17, 15) is 4.79 Å². The van der Waals surface area contributed by atoms with Crippen LogP contribution >= 0.6 is 0 Å². The van der Waals surface area contributed by atoms with Gasteiger partial charge in [0.2, 0.25) is 5.91 Å². The Bertz CT molecular complexity index is 353. The first-order chi connectivity index (χ1) is 8.08. The lowest BCUT2D eigenvalue weighted by Crippen LogP contribution is -2.28. The van der Waals surface area contributed by atoms with Crippen molar-refractivity contribution in [2.45, 2.75) is 33.1 Å². The van der Waals surface area contributed by atoms with Crippen molar-refractivity contribution in [3.05, 3.63) is 29.8 Å². The summed E-state index contributed by atoms with van der Waals surface area (Å²) in [5.74, 6) is 0.416. The van der Waals surface area contributed by atoms with Gasteiger partial charge < -0.3 is 11.1 Å². The number of rotatable bonds is 5. The number of nitrogens with two attached hydrogens (primary N) is 1. The van der Waals surface area contributed by atoms with E-state index < -0.39 is 0 Å². The fourth-order valence-corrected chi connectivity index (χ4v) is 1.65. The molecule has 1 amide bonds. The number of benzene rings is 1. The molecule has 0 spiro atoms. The van der Waals surface area contributed by atoms with Crippen LogP contribution in [0.2, 0.25) is 0 Å². The third kappa shape index (κ3) is 3.86. The molecule has 0 bridgehead atoms. The molecule has 3 N–H and O–H groups in total. The highest BCUT2D eigenvalue weighted by atomic mass is 16.1. The summed E-state index contributed by atoms with van der Waals surface area (Å²) in [6.07, 6.45) is 0.770. The Labute approximate surface area is 103 Å². The molecule has 1 unspecified atom stereocenters. The molecule has 0 fully saturated rings. The molecular formula is C14H22N2O. The predicted molar refractivity (Wildman–Crippen MR) is 72.0 cm³/mol. The van der Waals surface area contributed by atoms with E-state index >= 15 is 0 Å². The average molecular weight is 234 g/mol. The smallest absolute Gasteiger partial charge is 0.228 e. The van der Waals surface area contributed by atoms with Crippen LogP contribution in [0.4, 0.5) is 5.69 Å². The van der Waals surface area contributed by atoms with E-state index in [2.05, 4.69) is 19.2 Å². The summed E-state index contributed by atoms with van der Waals surface area (Å²) in [7, 11) is 0. The van der Waals surface area contributed by atoms with E-state index in [4.69, 9.17) is 5.73 Å². The van der Waals surface area contributed by atoms with Crippen molar-refractivity contribution in [3.63, 3.8) is 0 Å². The fraction of sp³-hybridized carbons (Fsp3) is 0.500. The zero-order valence-electron chi connectivity index (χ0n) is 10.9. The maximum Gasteiger partial charge on any atom is 0.228 e. The van der Waals surface area contributed by atoms with Gasteiger partial charge in [-0.05, 0) is 30.0 Å². The van der Waals surface area contributed by atoms with Gasteiger partial charge in [0.1, 0.15) is 0 Å². The van der Waals surface area contributed by atoms with Crippen molar-refractivity contribution in [2.24, 2.45) is 11.7 Å². The van der Waals surface area contributed by atoms with Gasteiger partial charge in [-0.3, -0.25) is 4.79 Å². The van der Waals surface area contributed by atoms with Gasteiger partial charge in [-0.25, -0.2) is 0 Å². The zero-order valence-corrected chi connectivity index (χ0v) is 10.9. The highest BCUT2D eigenvalue weighted by Crippen LogP contribution is 2.17. The van der Waals surface area contributed by atoms with Crippen LogP contribution in [0.5, 0.6) is 0 Å². The van der Waals surface area contributed by atoms with Crippen molar-refractivity contribution in [1.29, 1.82) is 0 Å². The van der Waals surface area contributed by atoms with E-state index in [1.807, 2.05) is 31.2 Å². The number of anilines is 1. The van der Waals surface area contributed by atoms with Gasteiger partial charge in [0.15, 0.2) is 0 Å². The average Bonchev–Trinajstić information content (AvgIpc) is 2.31. The van der Waals surface area contributed by atoms with Crippen molar-refractivity contribution >= 4 is 11.6 Å². The number of hydrogen-bond donors (Lipinski definition) is 2. The summed E-state index contributed by atoms with van der Waals surface area (Å²) < 4.78 is 0. The summed E-state index contributed by atoms with van der Waals surface area (Å²) in [6.45, 7) is 6.66. The number of amides is 1. The summed E-state index contributed by atoms with van der Waals surface area (Å²) in [6, 6.07) is 7.97. The maximum atomic E-state index is 11.8. The lowest BCUT2D eigenvalue weighted by atomic mass is 10.0. The van der Waals surface area contributed by atoms with Crippen LogP contribution in [0.15, 0.2) is 24.3 Å². The molecule has 17 heavy (non-hydrogen) atoms. The third-order valence-corrected chi connectivity index (χ3v) is 2.99. The largest absolute Gasteiger partial charge is 0.330 e. The summed E-state index contributed by atoms with van der Waals surface area (Å²) >= 11 is 0. The minimum Gasteiger partial charge on any atom is -0.330 e. The number of carbonyl (C=O) groups is 1. The molecule has 0 radical (unpaired) electrons. The number of carbonyl (C=O) groups excluding carboxylic acids is 1. The maximum absolute atomic E-state index is 11.8. The molecule has 3 heteroatoms. The molecule has 1 rings (SSSR count). The third-order valence-electron chi connectivity index (χ3n) is 2.99. The van der Waals surface area contributed by atoms with Gasteiger partial charge in [0.05, 0.1) is 5.92 Å². The van der Waals surface area contributed by atoms with E-state index in [1.54, 1.807) is 0 Å². The van der Waals surface area contributed by atoms with E-state index in [0.29, 0.717) is 12.5 Å². The molecule has 0 aliphatic heterocycles. The van der Waals surface area contributed by atoms with Crippen molar-refractivity contribution < 1.29 is 4.79 Å². The zero-order chi connectivity index (χ0) is 12.8. The first-order valence-corrected chi connectivity index (χ1v) is 6.19. The van der Waals surface area contributed by atoms with Gasteiger partial charge >= 0.3 is 0 Å². The molecular weight excluding hydrogens is 212 g/mol. The molecule has 94 valence electrons. The van der Waals surface area contributed by atoms with Crippen LogP contribution in [0.3, 0.4) is 0 Å². The molecule has 1 aromatic rings. The van der Waals surface area contributed by atoms with Crippen molar-refractivity contribution in [1.82, 2.24) is 0 Å². The number of hydrogen-bond acceptors (Lipinski definition) is 2. The molecule has 1 aromatic carbocycles. The van der Waals surface area contributed by atoms with Crippen molar-refractivity contribution in [2.75, 3.05) is 11.9 Å². The highest BCUT2D eigenvalue weighted by Gasteiger charge is 2.14. The quantitative estimate of drug-likeness (QED) is 0.823. The second-order valence-electron chi connectivity index (χ2n) is 4.61. The Balaban J connectivity index is 2.66. The van der Waals surface area contributed by atoms with Crippen molar-refractivity contribution in [3.8, 4) is 0 Å². The SMILES string of the molecule is CCC(CN)C(=O)Nc1ccc(C(C)C)cc1. The van der Waals surface area contributed by atoms with Gasteiger partial charge in [-0.2, -0.15) is 0 Å². The lowest BCUT2D eigenvalue weighted by Gasteiger charge is -2.13. The molecule has 0 aliphatic rings. The van der Waals surface area contributed by atoms with Gasteiger partial charge in [-0.1, -0.05) is 32.9 Å². The first-order valence-electron chi connectivity index (χ1n) is 6.19. The molecule has 3 nitrogen and oxygen atoms in total. The summed E-state index contributed by atoms with van der Waals surface area (Å²) in [5.41, 5.74) is 7.65. The Kier molecular flexibility index (Phi) is 5.16. The van der Waals surface area contributed by atoms with Gasteiger partial charge in [0, 0.05) is 12.2 Å². The Morgan fingerprint density at radius 3 is 2.29 bits per heavy atom. The van der Waals surface area contributed by atoms with Crippen LogP contribution in [0, 0.1) is 5.92 Å². The minimum absolute atomic E-state index is 0.00676. The second-order valence-corrected chi connectivity index (χ2v) is 4.61. The minimum atomic E-state index is -0.0974. The monoisotopic (exact) mass is 234 g/mol. The summed E-state index contributed by atoms with van der Waals surface area (Å²) in [5, 5.41) is 2.89. The molecule has 0 aromatic heterocycles. The van der Waals surface area contributed by atoms with E-state index in [0.717, 1.165) is 12.1 Å². The van der Waals surface area contributed by atoms with E-state index in [1.165, 1.54) is 5.56 Å². The normalized spacial score (nSPS) is 12.5. The summed E-state index contributed by atoms with van der Waals surface area (Å²) in [4.78, 5) is 11.8. The number of nitrogens with one attached hydrogen (secondary N) is 1. The standard InChI is InChI=1S/C14H22N2O/c1-4-11(9-15)14(17)16-13-7-5-12(6-8-13)10(2)3/h5-8,10-11H,4,9,15H2,1-3H3,(H,16,17). The molecule has 0 saturated heterocycles. The van der Waals surface area contributed by atoms with Crippen LogP contribution in [0.1, 0.15) is 38.7 Å². The Hall–Kier alpha value is -1.35. The first kappa shape index (κ1) is 13.7. The van der Waals surface area contributed by atoms with Gasteiger partial charge in [-0.15, -0.1) is 0 Å². The molecule has 0 heterocycles. The Morgan fingerprint density at radius 1 is 1.29 bits per heavy atom. The van der Waals surface area contributed by atoms with Crippen LogP contribution < -0.4 is 11.1 Å². The lowest BCUT2D eigenvalue weighted by molar-refractivity contribution is -0.119. The molecule has 0 saturated carbocycles. The fourth-order valence-electron chi connectivity index (χ4n) is 1.65. The van der Waals surface area contributed by atoms with Crippen LogP contribution in [-0.2, 0) is 4.79 Å². The highest BCUT2D eigenvalue weighted by molar-refractivity contribution is 5.92. The Morgan fingerprint density at radius 2 is 1.88 bits per heavy atom. The van der Waals surface area contributed by atoms with E-state index in [-0.39, 0.29) is 11.8 Å². The molecule has 0 aliphatic carbocycles. The van der Waals surface area contributed by atoms with Gasteiger partial charge in [0.25, 0.3) is 0 Å². The van der Waals surface area contributed by atoms with Crippen LogP contribution in [0.25, 0.3) is 0 Å². The topological polar surface area (TPSA) is 55.1 Å².